The lowest BCUT2D eigenvalue weighted by Gasteiger charge is -2.19. The lowest BCUT2D eigenvalue weighted by Crippen LogP contribution is -2.27. The van der Waals surface area contributed by atoms with Gasteiger partial charge in [-0.05, 0) is 23.3 Å². The second-order valence-corrected chi connectivity index (χ2v) is 6.36. The van der Waals surface area contributed by atoms with Crippen molar-refractivity contribution in [3.63, 3.8) is 0 Å². The summed E-state index contributed by atoms with van der Waals surface area (Å²) in [5.41, 5.74) is 1.95. The van der Waals surface area contributed by atoms with Gasteiger partial charge in [0.1, 0.15) is 5.75 Å². The molecule has 1 amide bonds. The molecule has 1 heterocycles. The minimum absolute atomic E-state index is 0.157. The molecule has 0 unspecified atom stereocenters. The van der Waals surface area contributed by atoms with Crippen molar-refractivity contribution in [3.05, 3.63) is 87.2 Å². The molecule has 0 radical (unpaired) electrons. The molecular formula is C20H20N2O5. The Morgan fingerprint density at radius 1 is 1.19 bits per heavy atom. The van der Waals surface area contributed by atoms with E-state index in [1.165, 1.54) is 12.0 Å². The lowest BCUT2D eigenvalue weighted by atomic mass is 9.91. The Kier molecular flexibility index (Phi) is 5.40. The van der Waals surface area contributed by atoms with Crippen molar-refractivity contribution in [2.45, 2.75) is 12.5 Å². The standard InChI is InChI=1S/C20H20N2O5/c1-27-16-9-7-15(8-10-16)17(13-22(25)26)18-12-21(20(24)19(18)23)11-14-5-3-2-4-6-14/h2-10,17,23H,11-13H2,1H3/t17-/m1/s1. The molecule has 7 heteroatoms. The van der Waals surface area contributed by atoms with Crippen LogP contribution >= 0.6 is 0 Å². The molecule has 140 valence electrons. The number of rotatable bonds is 7. The molecule has 7 nitrogen and oxygen atoms in total. The maximum atomic E-state index is 12.5. The maximum Gasteiger partial charge on any atom is 0.289 e. The van der Waals surface area contributed by atoms with Crippen LogP contribution in [0.25, 0.3) is 0 Å². The Morgan fingerprint density at radius 2 is 1.85 bits per heavy atom. The van der Waals surface area contributed by atoms with Crippen molar-refractivity contribution < 1.29 is 19.6 Å². The summed E-state index contributed by atoms with van der Waals surface area (Å²) in [6.07, 6.45) is 0. The zero-order chi connectivity index (χ0) is 19.4. The third kappa shape index (κ3) is 4.08. The molecule has 0 aromatic heterocycles. The number of carbonyl (C=O) groups is 1. The summed E-state index contributed by atoms with van der Waals surface area (Å²) >= 11 is 0. The third-order valence-electron chi connectivity index (χ3n) is 4.64. The highest BCUT2D eigenvalue weighted by Crippen LogP contribution is 2.33. The number of benzene rings is 2. The summed E-state index contributed by atoms with van der Waals surface area (Å²) in [5, 5.41) is 21.6. The maximum absolute atomic E-state index is 12.5. The van der Waals surface area contributed by atoms with Crippen molar-refractivity contribution in [1.82, 2.24) is 4.90 Å². The fourth-order valence-corrected chi connectivity index (χ4v) is 3.25. The van der Waals surface area contributed by atoms with Crippen molar-refractivity contribution in [3.8, 4) is 5.75 Å². The quantitative estimate of drug-likeness (QED) is 0.599. The zero-order valence-corrected chi connectivity index (χ0v) is 14.9. The first kappa shape index (κ1) is 18.4. The van der Waals surface area contributed by atoms with E-state index in [0.29, 0.717) is 23.4 Å². The first-order chi connectivity index (χ1) is 13.0. The first-order valence-electron chi connectivity index (χ1n) is 8.50. The van der Waals surface area contributed by atoms with E-state index < -0.39 is 29.1 Å². The average Bonchev–Trinajstić information content (AvgIpc) is 2.95. The molecule has 1 aliphatic heterocycles. The molecule has 1 aliphatic rings. The van der Waals surface area contributed by atoms with Crippen LogP contribution in [0.1, 0.15) is 17.0 Å². The van der Waals surface area contributed by atoms with Crippen LogP contribution < -0.4 is 4.74 Å². The highest BCUT2D eigenvalue weighted by molar-refractivity contribution is 5.95. The molecular weight excluding hydrogens is 348 g/mol. The molecule has 0 saturated heterocycles. The van der Waals surface area contributed by atoms with Crippen LogP contribution in [0.15, 0.2) is 65.9 Å². The minimum Gasteiger partial charge on any atom is -0.503 e. The number of nitrogens with zero attached hydrogens (tertiary/aromatic N) is 2. The number of methoxy groups -OCH3 is 1. The van der Waals surface area contributed by atoms with Gasteiger partial charge in [-0.2, -0.15) is 0 Å². The zero-order valence-electron chi connectivity index (χ0n) is 14.9. The Morgan fingerprint density at radius 3 is 2.44 bits per heavy atom. The Hall–Kier alpha value is -3.35. The second kappa shape index (κ2) is 7.90. The van der Waals surface area contributed by atoms with Gasteiger partial charge in [0, 0.05) is 23.6 Å². The number of nitro groups is 1. The normalized spacial score (nSPS) is 15.1. The van der Waals surface area contributed by atoms with Gasteiger partial charge in [0.05, 0.1) is 13.0 Å². The third-order valence-corrected chi connectivity index (χ3v) is 4.64. The van der Waals surface area contributed by atoms with Crippen LogP contribution in [0.3, 0.4) is 0 Å². The van der Waals surface area contributed by atoms with Crippen molar-refractivity contribution in [1.29, 1.82) is 0 Å². The fraction of sp³-hybridized carbons (Fsp3) is 0.250. The topological polar surface area (TPSA) is 92.9 Å². The lowest BCUT2D eigenvalue weighted by molar-refractivity contribution is -0.482. The van der Waals surface area contributed by atoms with E-state index >= 15 is 0 Å². The first-order valence-corrected chi connectivity index (χ1v) is 8.50. The van der Waals surface area contributed by atoms with E-state index in [4.69, 9.17) is 4.74 Å². The number of amides is 1. The van der Waals surface area contributed by atoms with E-state index in [2.05, 4.69) is 0 Å². The number of aliphatic hydroxyl groups excluding tert-OH is 1. The Labute approximate surface area is 156 Å². The van der Waals surface area contributed by atoms with E-state index in [0.717, 1.165) is 5.56 Å². The monoisotopic (exact) mass is 368 g/mol. The predicted molar refractivity (Wildman–Crippen MR) is 99.1 cm³/mol. The number of aliphatic hydroxyl groups is 1. The molecule has 0 aliphatic carbocycles. The predicted octanol–water partition coefficient (Wildman–Crippen LogP) is 2.91. The van der Waals surface area contributed by atoms with E-state index in [1.807, 2.05) is 30.3 Å². The van der Waals surface area contributed by atoms with E-state index in [9.17, 15) is 20.0 Å². The Bertz CT molecular complexity index is 862. The van der Waals surface area contributed by atoms with Gasteiger partial charge in [-0.25, -0.2) is 0 Å². The smallest absolute Gasteiger partial charge is 0.289 e. The molecule has 3 rings (SSSR count). The minimum atomic E-state index is -0.685. The highest BCUT2D eigenvalue weighted by Gasteiger charge is 2.36. The van der Waals surface area contributed by atoms with E-state index in [-0.39, 0.29) is 6.54 Å². The summed E-state index contributed by atoms with van der Waals surface area (Å²) in [5.74, 6) is -0.954. The largest absolute Gasteiger partial charge is 0.503 e. The van der Waals surface area contributed by atoms with Crippen LogP contribution in [0, 0.1) is 10.1 Å². The molecule has 0 fully saturated rings. The van der Waals surface area contributed by atoms with Crippen molar-refractivity contribution in [2.75, 3.05) is 20.2 Å². The molecule has 0 bridgehead atoms. The Balaban J connectivity index is 1.87. The molecule has 1 atom stereocenters. The average molecular weight is 368 g/mol. The summed E-state index contributed by atoms with van der Waals surface area (Å²) in [4.78, 5) is 24.7. The number of hydrogen-bond acceptors (Lipinski definition) is 5. The summed E-state index contributed by atoms with van der Waals surface area (Å²) in [6, 6.07) is 16.3. The highest BCUT2D eigenvalue weighted by atomic mass is 16.6. The second-order valence-electron chi connectivity index (χ2n) is 6.36. The molecule has 1 N–H and O–H groups in total. The molecule has 27 heavy (non-hydrogen) atoms. The summed E-state index contributed by atoms with van der Waals surface area (Å²) in [7, 11) is 1.54. The van der Waals surface area contributed by atoms with Gasteiger partial charge in [-0.15, -0.1) is 0 Å². The number of carbonyl (C=O) groups excluding carboxylic acids is 1. The van der Waals surface area contributed by atoms with Gasteiger partial charge in [0.15, 0.2) is 5.76 Å². The van der Waals surface area contributed by atoms with Gasteiger partial charge < -0.3 is 14.7 Å². The molecule has 2 aromatic rings. The van der Waals surface area contributed by atoms with Crippen molar-refractivity contribution >= 4 is 5.91 Å². The van der Waals surface area contributed by atoms with Crippen LogP contribution in [-0.2, 0) is 11.3 Å². The summed E-state index contributed by atoms with van der Waals surface area (Å²) in [6.45, 7) is 0.0866. The van der Waals surface area contributed by atoms with Gasteiger partial charge in [-0.3, -0.25) is 14.9 Å². The van der Waals surface area contributed by atoms with Crippen molar-refractivity contribution in [2.24, 2.45) is 0 Å². The number of hydrogen-bond donors (Lipinski definition) is 1. The van der Waals surface area contributed by atoms with Crippen LogP contribution in [0.2, 0.25) is 0 Å². The molecule has 0 spiro atoms. The summed E-state index contributed by atoms with van der Waals surface area (Å²) < 4.78 is 5.12. The van der Waals surface area contributed by atoms with Crippen LogP contribution in [0.5, 0.6) is 5.75 Å². The molecule has 2 aromatic carbocycles. The molecule has 0 saturated carbocycles. The fourth-order valence-electron chi connectivity index (χ4n) is 3.25. The van der Waals surface area contributed by atoms with Gasteiger partial charge in [-0.1, -0.05) is 42.5 Å². The SMILES string of the molecule is COc1ccc([C@@H](C[N+](=O)[O-])C2=C(O)C(=O)N(Cc3ccccc3)C2)cc1. The van der Waals surface area contributed by atoms with Gasteiger partial charge in [0.2, 0.25) is 6.54 Å². The van der Waals surface area contributed by atoms with E-state index in [1.54, 1.807) is 24.3 Å². The van der Waals surface area contributed by atoms with Gasteiger partial charge >= 0.3 is 0 Å². The van der Waals surface area contributed by atoms with Gasteiger partial charge in [0.25, 0.3) is 5.91 Å². The van der Waals surface area contributed by atoms with Crippen LogP contribution in [0.4, 0.5) is 0 Å². The van der Waals surface area contributed by atoms with Crippen LogP contribution in [-0.4, -0.2) is 41.0 Å². The number of ether oxygens (including phenoxy) is 1.